The van der Waals surface area contributed by atoms with Crippen LogP contribution in [0.3, 0.4) is 0 Å². The van der Waals surface area contributed by atoms with E-state index in [0.29, 0.717) is 5.56 Å². The zero-order valence-corrected chi connectivity index (χ0v) is 8.57. The maximum atomic E-state index is 13.4. The molecule has 0 aliphatic rings. The standard InChI is InChI=1S/C11H11FN2O/c1-14-7-8(6-13-14)9-4-3-5-10(12)11(9)15-2/h3-7H,1-2H3. The fourth-order valence-corrected chi connectivity index (χ4v) is 1.50. The Morgan fingerprint density at radius 1 is 1.40 bits per heavy atom. The van der Waals surface area contributed by atoms with Gasteiger partial charge in [-0.15, -0.1) is 0 Å². The largest absolute Gasteiger partial charge is 0.493 e. The van der Waals surface area contributed by atoms with Crippen molar-refractivity contribution in [1.29, 1.82) is 0 Å². The highest BCUT2D eigenvalue weighted by Crippen LogP contribution is 2.31. The summed E-state index contributed by atoms with van der Waals surface area (Å²) in [6.07, 6.45) is 3.49. The lowest BCUT2D eigenvalue weighted by Crippen LogP contribution is -1.91. The second kappa shape index (κ2) is 3.73. The molecule has 0 saturated carbocycles. The van der Waals surface area contributed by atoms with Gasteiger partial charge in [-0.2, -0.15) is 5.10 Å². The lowest BCUT2D eigenvalue weighted by Gasteiger charge is -2.06. The van der Waals surface area contributed by atoms with Gasteiger partial charge < -0.3 is 4.74 Å². The Balaban J connectivity index is 2.57. The second-order valence-electron chi connectivity index (χ2n) is 3.22. The van der Waals surface area contributed by atoms with Crippen molar-refractivity contribution in [2.75, 3.05) is 7.11 Å². The summed E-state index contributed by atoms with van der Waals surface area (Å²) in [5.74, 6) is -0.107. The number of para-hydroxylation sites is 1. The summed E-state index contributed by atoms with van der Waals surface area (Å²) >= 11 is 0. The third kappa shape index (κ3) is 1.70. The Labute approximate surface area is 87.1 Å². The van der Waals surface area contributed by atoms with Crippen LogP contribution in [0.5, 0.6) is 5.75 Å². The van der Waals surface area contributed by atoms with E-state index in [4.69, 9.17) is 4.74 Å². The Morgan fingerprint density at radius 3 is 2.80 bits per heavy atom. The summed E-state index contributed by atoms with van der Waals surface area (Å²) < 4.78 is 20.1. The van der Waals surface area contributed by atoms with Crippen molar-refractivity contribution in [3.05, 3.63) is 36.4 Å². The van der Waals surface area contributed by atoms with Crippen molar-refractivity contribution in [2.45, 2.75) is 0 Å². The molecule has 1 aromatic heterocycles. The van der Waals surface area contributed by atoms with Crippen LogP contribution < -0.4 is 4.74 Å². The molecule has 1 aromatic carbocycles. The first kappa shape index (κ1) is 9.71. The van der Waals surface area contributed by atoms with Crippen molar-refractivity contribution < 1.29 is 9.13 Å². The minimum atomic E-state index is -0.362. The van der Waals surface area contributed by atoms with E-state index in [0.717, 1.165) is 5.56 Å². The van der Waals surface area contributed by atoms with Crippen molar-refractivity contribution in [3.63, 3.8) is 0 Å². The number of nitrogens with zero attached hydrogens (tertiary/aromatic N) is 2. The number of rotatable bonds is 2. The van der Waals surface area contributed by atoms with E-state index in [1.54, 1.807) is 23.0 Å². The molecule has 0 amide bonds. The first-order valence-corrected chi connectivity index (χ1v) is 4.54. The molecule has 4 heteroatoms. The first-order valence-electron chi connectivity index (χ1n) is 4.54. The molecule has 3 nitrogen and oxygen atoms in total. The topological polar surface area (TPSA) is 27.1 Å². The van der Waals surface area contributed by atoms with Gasteiger partial charge in [-0.1, -0.05) is 12.1 Å². The van der Waals surface area contributed by atoms with E-state index >= 15 is 0 Å². The molecule has 0 bridgehead atoms. The molecule has 2 aromatic rings. The van der Waals surface area contributed by atoms with Gasteiger partial charge in [0.1, 0.15) is 0 Å². The second-order valence-corrected chi connectivity index (χ2v) is 3.22. The van der Waals surface area contributed by atoms with E-state index in [1.807, 2.05) is 13.2 Å². The van der Waals surface area contributed by atoms with E-state index in [-0.39, 0.29) is 11.6 Å². The summed E-state index contributed by atoms with van der Waals surface area (Å²) in [4.78, 5) is 0. The molecule has 0 aliphatic heterocycles. The van der Waals surface area contributed by atoms with Gasteiger partial charge in [-0.05, 0) is 6.07 Å². The number of benzene rings is 1. The van der Waals surface area contributed by atoms with Crippen LogP contribution in [0.15, 0.2) is 30.6 Å². The van der Waals surface area contributed by atoms with Crippen molar-refractivity contribution >= 4 is 0 Å². The van der Waals surface area contributed by atoms with Crippen LogP contribution in [-0.2, 0) is 7.05 Å². The normalized spacial score (nSPS) is 10.3. The highest BCUT2D eigenvalue weighted by Gasteiger charge is 2.11. The van der Waals surface area contributed by atoms with Gasteiger partial charge in [0.25, 0.3) is 0 Å². The minimum Gasteiger partial charge on any atom is -0.493 e. The van der Waals surface area contributed by atoms with Crippen molar-refractivity contribution in [3.8, 4) is 16.9 Å². The highest BCUT2D eigenvalue weighted by atomic mass is 19.1. The number of aryl methyl sites for hydroxylation is 1. The lowest BCUT2D eigenvalue weighted by molar-refractivity contribution is 0.388. The number of aromatic nitrogens is 2. The van der Waals surface area contributed by atoms with Gasteiger partial charge in [0, 0.05) is 24.4 Å². The van der Waals surface area contributed by atoms with Crippen molar-refractivity contribution in [2.24, 2.45) is 7.05 Å². The fourth-order valence-electron chi connectivity index (χ4n) is 1.50. The summed E-state index contributed by atoms with van der Waals surface area (Å²) in [6.45, 7) is 0. The highest BCUT2D eigenvalue weighted by molar-refractivity contribution is 5.69. The Hall–Kier alpha value is -1.84. The van der Waals surface area contributed by atoms with Crippen LogP contribution in [0.25, 0.3) is 11.1 Å². The zero-order chi connectivity index (χ0) is 10.8. The van der Waals surface area contributed by atoms with E-state index in [2.05, 4.69) is 5.10 Å². The average Bonchev–Trinajstić information content (AvgIpc) is 2.64. The van der Waals surface area contributed by atoms with Crippen LogP contribution in [0.1, 0.15) is 0 Å². The number of methoxy groups -OCH3 is 1. The fraction of sp³-hybridized carbons (Fsp3) is 0.182. The smallest absolute Gasteiger partial charge is 0.165 e. The van der Waals surface area contributed by atoms with Gasteiger partial charge in [-0.25, -0.2) is 4.39 Å². The molecular formula is C11H11FN2O. The maximum absolute atomic E-state index is 13.4. The quantitative estimate of drug-likeness (QED) is 0.753. The number of hydrogen-bond donors (Lipinski definition) is 0. The van der Waals surface area contributed by atoms with Crippen molar-refractivity contribution in [1.82, 2.24) is 9.78 Å². The van der Waals surface area contributed by atoms with E-state index < -0.39 is 0 Å². The molecule has 0 N–H and O–H groups in total. The lowest BCUT2D eigenvalue weighted by atomic mass is 10.1. The predicted octanol–water partition coefficient (Wildman–Crippen LogP) is 2.23. The molecule has 0 saturated heterocycles. The molecule has 0 radical (unpaired) electrons. The molecular weight excluding hydrogens is 195 g/mol. The van der Waals surface area contributed by atoms with Gasteiger partial charge in [0.15, 0.2) is 11.6 Å². The van der Waals surface area contributed by atoms with Gasteiger partial charge in [0.05, 0.1) is 13.3 Å². The molecule has 1 heterocycles. The van der Waals surface area contributed by atoms with Crippen LogP contribution >= 0.6 is 0 Å². The molecule has 15 heavy (non-hydrogen) atoms. The van der Waals surface area contributed by atoms with Crippen LogP contribution in [-0.4, -0.2) is 16.9 Å². The summed E-state index contributed by atoms with van der Waals surface area (Å²) in [5, 5.41) is 4.04. The van der Waals surface area contributed by atoms with Crippen LogP contribution in [0.2, 0.25) is 0 Å². The molecule has 0 aliphatic carbocycles. The third-order valence-corrected chi connectivity index (χ3v) is 2.19. The molecule has 0 atom stereocenters. The van der Waals surface area contributed by atoms with E-state index in [9.17, 15) is 4.39 Å². The Kier molecular flexibility index (Phi) is 2.41. The Morgan fingerprint density at radius 2 is 2.20 bits per heavy atom. The van der Waals surface area contributed by atoms with Gasteiger partial charge in [0.2, 0.25) is 0 Å². The summed E-state index contributed by atoms with van der Waals surface area (Å²) in [5.41, 5.74) is 1.56. The van der Waals surface area contributed by atoms with Gasteiger partial charge in [-0.3, -0.25) is 4.68 Å². The first-order chi connectivity index (χ1) is 7.22. The van der Waals surface area contributed by atoms with Gasteiger partial charge >= 0.3 is 0 Å². The number of hydrogen-bond acceptors (Lipinski definition) is 2. The molecule has 0 unspecified atom stereocenters. The predicted molar refractivity (Wildman–Crippen MR) is 55.2 cm³/mol. The molecule has 78 valence electrons. The third-order valence-electron chi connectivity index (χ3n) is 2.19. The molecule has 0 spiro atoms. The SMILES string of the molecule is COc1c(F)cccc1-c1cnn(C)c1. The molecule has 0 fully saturated rings. The zero-order valence-electron chi connectivity index (χ0n) is 8.57. The minimum absolute atomic E-state index is 0.255. The summed E-state index contributed by atoms with van der Waals surface area (Å²) in [7, 11) is 3.27. The maximum Gasteiger partial charge on any atom is 0.165 e. The molecule has 2 rings (SSSR count). The summed E-state index contributed by atoms with van der Waals surface area (Å²) in [6, 6.07) is 4.83. The average molecular weight is 206 g/mol. The number of halogens is 1. The van der Waals surface area contributed by atoms with Crippen LogP contribution in [0, 0.1) is 5.82 Å². The number of ether oxygens (including phenoxy) is 1. The Bertz CT molecular complexity index is 479. The van der Waals surface area contributed by atoms with E-state index in [1.165, 1.54) is 13.2 Å². The van der Waals surface area contributed by atoms with Crippen LogP contribution in [0.4, 0.5) is 4.39 Å². The monoisotopic (exact) mass is 206 g/mol.